The summed E-state index contributed by atoms with van der Waals surface area (Å²) in [7, 11) is 0. The molecule has 14 heavy (non-hydrogen) atoms. The highest BCUT2D eigenvalue weighted by molar-refractivity contribution is 5.86. The highest BCUT2D eigenvalue weighted by Gasteiger charge is 2.46. The van der Waals surface area contributed by atoms with E-state index in [1.165, 1.54) is 25.7 Å². The highest BCUT2D eigenvalue weighted by atomic mass is 16.1. The summed E-state index contributed by atoms with van der Waals surface area (Å²) in [4.78, 5) is 12.3. The Morgan fingerprint density at radius 2 is 2.00 bits per heavy atom. The molecular weight excluding hydrogens is 172 g/mol. The molecule has 2 aliphatic rings. The van der Waals surface area contributed by atoms with Crippen LogP contribution in [-0.4, -0.2) is 5.78 Å². The van der Waals surface area contributed by atoms with Crippen LogP contribution in [0.1, 0.15) is 52.9 Å². The Labute approximate surface area is 87.3 Å². The second-order valence-electron chi connectivity index (χ2n) is 5.88. The number of hydrogen-bond donors (Lipinski definition) is 0. The Kier molecular flexibility index (Phi) is 2.45. The fourth-order valence-corrected chi connectivity index (χ4v) is 3.24. The van der Waals surface area contributed by atoms with Crippen LogP contribution in [0.25, 0.3) is 0 Å². The van der Waals surface area contributed by atoms with Crippen LogP contribution in [0.15, 0.2) is 0 Å². The second kappa shape index (κ2) is 3.36. The molecule has 2 fully saturated rings. The van der Waals surface area contributed by atoms with Crippen molar-refractivity contribution in [3.05, 3.63) is 0 Å². The van der Waals surface area contributed by atoms with Gasteiger partial charge in [0.2, 0.25) is 0 Å². The number of ketones is 1. The van der Waals surface area contributed by atoms with E-state index in [4.69, 9.17) is 0 Å². The third-order valence-corrected chi connectivity index (χ3v) is 4.63. The lowest BCUT2D eigenvalue weighted by atomic mass is 9.73. The van der Waals surface area contributed by atoms with E-state index in [2.05, 4.69) is 20.8 Å². The summed E-state index contributed by atoms with van der Waals surface area (Å²) in [6.45, 7) is 6.35. The van der Waals surface area contributed by atoms with E-state index >= 15 is 0 Å². The SMILES string of the molecule is CCC(C)(C)C(=O)C1CC2CCC1C2. The van der Waals surface area contributed by atoms with E-state index in [9.17, 15) is 4.79 Å². The van der Waals surface area contributed by atoms with Crippen molar-refractivity contribution < 1.29 is 4.79 Å². The van der Waals surface area contributed by atoms with Crippen molar-refractivity contribution >= 4 is 5.78 Å². The minimum atomic E-state index is -0.0743. The Balaban J connectivity index is 2.06. The van der Waals surface area contributed by atoms with Crippen LogP contribution in [0.4, 0.5) is 0 Å². The Morgan fingerprint density at radius 1 is 1.29 bits per heavy atom. The number of carbonyl (C=O) groups is 1. The van der Waals surface area contributed by atoms with Crippen molar-refractivity contribution in [2.45, 2.75) is 52.9 Å². The van der Waals surface area contributed by atoms with Gasteiger partial charge in [0.1, 0.15) is 5.78 Å². The zero-order valence-electron chi connectivity index (χ0n) is 9.68. The first kappa shape index (κ1) is 10.2. The molecule has 2 rings (SSSR count). The fourth-order valence-electron chi connectivity index (χ4n) is 3.24. The van der Waals surface area contributed by atoms with Gasteiger partial charge in [0.15, 0.2) is 0 Å². The molecule has 0 aromatic rings. The van der Waals surface area contributed by atoms with Crippen LogP contribution in [0.5, 0.6) is 0 Å². The standard InChI is InChI=1S/C13H22O/c1-4-13(2,3)12(14)11-8-9-5-6-10(11)7-9/h9-11H,4-8H2,1-3H3. The van der Waals surface area contributed by atoms with Gasteiger partial charge in [0, 0.05) is 11.3 Å². The van der Waals surface area contributed by atoms with Crippen LogP contribution in [0, 0.1) is 23.2 Å². The van der Waals surface area contributed by atoms with E-state index in [1.807, 2.05) is 0 Å². The minimum Gasteiger partial charge on any atom is -0.299 e. The summed E-state index contributed by atoms with van der Waals surface area (Å²) in [5.74, 6) is 2.61. The number of fused-ring (bicyclic) bond motifs is 2. The van der Waals surface area contributed by atoms with Crippen molar-refractivity contribution in [3.63, 3.8) is 0 Å². The first-order valence-corrected chi connectivity index (χ1v) is 6.09. The summed E-state index contributed by atoms with van der Waals surface area (Å²) in [5, 5.41) is 0. The van der Waals surface area contributed by atoms with Crippen LogP contribution in [0.2, 0.25) is 0 Å². The topological polar surface area (TPSA) is 17.1 Å². The Morgan fingerprint density at radius 3 is 2.43 bits per heavy atom. The molecule has 0 N–H and O–H groups in total. The minimum absolute atomic E-state index is 0.0743. The normalized spacial score (nSPS) is 36.4. The molecule has 0 aliphatic heterocycles. The van der Waals surface area contributed by atoms with E-state index in [0.29, 0.717) is 11.7 Å². The monoisotopic (exact) mass is 194 g/mol. The third-order valence-electron chi connectivity index (χ3n) is 4.63. The van der Waals surface area contributed by atoms with Crippen LogP contribution >= 0.6 is 0 Å². The summed E-state index contributed by atoms with van der Waals surface area (Å²) < 4.78 is 0. The zero-order valence-corrected chi connectivity index (χ0v) is 9.68. The molecule has 0 saturated heterocycles. The molecule has 0 spiro atoms. The number of rotatable bonds is 3. The molecule has 0 radical (unpaired) electrons. The summed E-state index contributed by atoms with van der Waals surface area (Å²) in [6.07, 6.45) is 6.24. The molecular formula is C13H22O. The predicted molar refractivity (Wildman–Crippen MR) is 58.0 cm³/mol. The van der Waals surface area contributed by atoms with Gasteiger partial charge >= 0.3 is 0 Å². The first-order valence-electron chi connectivity index (χ1n) is 6.09. The molecule has 3 unspecified atom stereocenters. The van der Waals surface area contributed by atoms with E-state index in [-0.39, 0.29) is 5.41 Å². The summed E-state index contributed by atoms with van der Waals surface area (Å²) in [6, 6.07) is 0. The maximum atomic E-state index is 12.3. The zero-order chi connectivity index (χ0) is 10.3. The van der Waals surface area contributed by atoms with Crippen molar-refractivity contribution in [2.24, 2.45) is 23.2 Å². The quantitative estimate of drug-likeness (QED) is 0.672. The first-order chi connectivity index (χ1) is 6.54. The van der Waals surface area contributed by atoms with Gasteiger partial charge in [-0.15, -0.1) is 0 Å². The van der Waals surface area contributed by atoms with Gasteiger partial charge in [-0.3, -0.25) is 4.79 Å². The maximum Gasteiger partial charge on any atom is 0.141 e. The van der Waals surface area contributed by atoms with Crippen molar-refractivity contribution in [1.29, 1.82) is 0 Å². The fraction of sp³-hybridized carbons (Fsp3) is 0.923. The van der Waals surface area contributed by atoms with Crippen LogP contribution in [0.3, 0.4) is 0 Å². The van der Waals surface area contributed by atoms with Gasteiger partial charge in [0.05, 0.1) is 0 Å². The molecule has 80 valence electrons. The number of Topliss-reactive ketones (excluding diaryl/α,β-unsaturated/α-hetero) is 1. The highest BCUT2D eigenvalue weighted by Crippen LogP contribution is 2.50. The maximum absolute atomic E-state index is 12.3. The Bertz CT molecular complexity index is 242. The van der Waals surface area contributed by atoms with Crippen LogP contribution < -0.4 is 0 Å². The molecule has 0 aromatic heterocycles. The lowest BCUT2D eigenvalue weighted by Gasteiger charge is -2.29. The van der Waals surface area contributed by atoms with Gasteiger partial charge in [-0.25, -0.2) is 0 Å². The number of hydrogen-bond acceptors (Lipinski definition) is 1. The van der Waals surface area contributed by atoms with E-state index in [1.54, 1.807) is 0 Å². The Hall–Kier alpha value is -0.330. The average Bonchev–Trinajstić information content (AvgIpc) is 2.77. The number of carbonyl (C=O) groups excluding carboxylic acids is 1. The second-order valence-corrected chi connectivity index (χ2v) is 5.88. The molecule has 1 heteroatoms. The lowest BCUT2D eigenvalue weighted by molar-refractivity contribution is -0.133. The predicted octanol–water partition coefficient (Wildman–Crippen LogP) is 3.43. The van der Waals surface area contributed by atoms with E-state index in [0.717, 1.165) is 18.3 Å². The average molecular weight is 194 g/mol. The van der Waals surface area contributed by atoms with Crippen molar-refractivity contribution in [1.82, 2.24) is 0 Å². The van der Waals surface area contributed by atoms with Gasteiger partial charge in [-0.05, 0) is 37.5 Å². The largest absolute Gasteiger partial charge is 0.299 e. The molecule has 0 amide bonds. The smallest absolute Gasteiger partial charge is 0.141 e. The van der Waals surface area contributed by atoms with Gasteiger partial charge in [-0.1, -0.05) is 27.2 Å². The molecule has 0 aromatic carbocycles. The molecule has 3 atom stereocenters. The molecule has 0 heterocycles. The summed E-state index contributed by atoms with van der Waals surface area (Å²) >= 11 is 0. The van der Waals surface area contributed by atoms with Gasteiger partial charge < -0.3 is 0 Å². The van der Waals surface area contributed by atoms with Gasteiger partial charge in [0.25, 0.3) is 0 Å². The molecule has 2 aliphatic carbocycles. The molecule has 2 bridgehead atoms. The molecule has 1 nitrogen and oxygen atoms in total. The van der Waals surface area contributed by atoms with Crippen molar-refractivity contribution in [3.8, 4) is 0 Å². The third kappa shape index (κ3) is 1.51. The molecule has 2 saturated carbocycles. The van der Waals surface area contributed by atoms with Crippen molar-refractivity contribution in [2.75, 3.05) is 0 Å². The van der Waals surface area contributed by atoms with Gasteiger partial charge in [-0.2, -0.15) is 0 Å². The van der Waals surface area contributed by atoms with E-state index < -0.39 is 0 Å². The van der Waals surface area contributed by atoms with Crippen LogP contribution in [-0.2, 0) is 4.79 Å². The summed E-state index contributed by atoms with van der Waals surface area (Å²) in [5.41, 5.74) is -0.0743. The lowest BCUT2D eigenvalue weighted by Crippen LogP contribution is -2.33.